The molecular weight excluding hydrogens is 440 g/mol. The molecule has 0 aromatic heterocycles. The lowest BCUT2D eigenvalue weighted by Gasteiger charge is -2.41. The molecule has 1 atom stereocenters. The lowest BCUT2D eigenvalue weighted by Crippen LogP contribution is -2.55. The summed E-state index contributed by atoms with van der Waals surface area (Å²) in [4.78, 5) is 28.5. The van der Waals surface area contributed by atoms with Gasteiger partial charge in [0.2, 0.25) is 11.8 Å². The average Bonchev–Trinajstić information content (AvgIpc) is 2.79. The predicted molar refractivity (Wildman–Crippen MR) is 127 cm³/mol. The van der Waals surface area contributed by atoms with Crippen LogP contribution in [0.3, 0.4) is 0 Å². The fourth-order valence-corrected chi connectivity index (χ4v) is 4.91. The van der Waals surface area contributed by atoms with E-state index in [0.717, 1.165) is 31.7 Å². The van der Waals surface area contributed by atoms with E-state index in [4.69, 9.17) is 4.74 Å². The van der Waals surface area contributed by atoms with Crippen molar-refractivity contribution in [3.8, 4) is 0 Å². The first-order valence-corrected chi connectivity index (χ1v) is 12.6. The molecule has 6 nitrogen and oxygen atoms in total. The summed E-state index contributed by atoms with van der Waals surface area (Å²) in [5.41, 5.74) is -0.101. The highest BCUT2D eigenvalue weighted by atomic mass is 19.1. The Morgan fingerprint density at radius 2 is 1.82 bits per heavy atom. The minimum Gasteiger partial charge on any atom is -0.381 e. The van der Waals surface area contributed by atoms with Gasteiger partial charge in [0.1, 0.15) is 17.7 Å². The number of hydrogen-bond donors (Lipinski definition) is 2. The van der Waals surface area contributed by atoms with Gasteiger partial charge in [0.05, 0.1) is 5.41 Å². The highest BCUT2D eigenvalue weighted by Crippen LogP contribution is 2.38. The molecule has 0 unspecified atom stereocenters. The zero-order valence-corrected chi connectivity index (χ0v) is 20.5. The number of benzene rings is 1. The van der Waals surface area contributed by atoms with Crippen LogP contribution in [0.4, 0.5) is 8.78 Å². The van der Waals surface area contributed by atoms with Crippen LogP contribution in [0.15, 0.2) is 18.2 Å². The quantitative estimate of drug-likeness (QED) is 0.690. The summed E-state index contributed by atoms with van der Waals surface area (Å²) in [6, 6.07) is 3.11. The number of nitrogens with one attached hydrogen (secondary N) is 2. The standard InChI is InChI=1S/C26H39F2N3O3/c1-19(2)16-23-24(32)29-11-5-15-34-14-4-3-8-26(25(33)30-23)9-12-31(13-10-26)18-20-6-7-21(27)17-22(20)28/h6-7,17,19,23H,3-5,8-16,18H2,1-2H3,(H,29,32)(H,30,33)/t23-/m0/s1. The summed E-state index contributed by atoms with van der Waals surface area (Å²) < 4.78 is 33.1. The van der Waals surface area contributed by atoms with Gasteiger partial charge in [0.15, 0.2) is 0 Å². The molecule has 8 heteroatoms. The van der Waals surface area contributed by atoms with Crippen LogP contribution in [0.1, 0.15) is 64.4 Å². The van der Waals surface area contributed by atoms with Gasteiger partial charge in [-0.1, -0.05) is 26.3 Å². The fourth-order valence-electron chi connectivity index (χ4n) is 4.91. The molecule has 0 saturated carbocycles. The van der Waals surface area contributed by atoms with Crippen LogP contribution in [0, 0.1) is 23.0 Å². The smallest absolute Gasteiger partial charge is 0.242 e. The van der Waals surface area contributed by atoms with Crippen molar-refractivity contribution in [2.75, 3.05) is 32.8 Å². The van der Waals surface area contributed by atoms with Crippen LogP contribution >= 0.6 is 0 Å². The largest absolute Gasteiger partial charge is 0.381 e. The minimum atomic E-state index is -0.584. The van der Waals surface area contributed by atoms with E-state index in [1.54, 1.807) is 0 Å². The van der Waals surface area contributed by atoms with Gasteiger partial charge in [-0.3, -0.25) is 14.5 Å². The van der Waals surface area contributed by atoms with E-state index in [1.165, 1.54) is 12.1 Å². The summed E-state index contributed by atoms with van der Waals surface area (Å²) in [5.74, 6) is -1.06. The third-order valence-corrected chi connectivity index (χ3v) is 6.99. The number of nitrogens with zero attached hydrogens (tertiary/aromatic N) is 1. The summed E-state index contributed by atoms with van der Waals surface area (Å²) in [6.07, 6.45) is 5.11. The molecule has 1 spiro atoms. The Bertz CT molecular complexity index is 826. The fraction of sp³-hybridized carbons (Fsp3) is 0.692. The molecule has 0 aliphatic carbocycles. The van der Waals surface area contributed by atoms with Crippen LogP contribution in [-0.2, 0) is 20.9 Å². The SMILES string of the molecule is CC(C)C[C@@H]1NC(=O)C2(CCCCOCCCNC1=O)CCN(Cc1ccc(F)cc1F)CC2. The Morgan fingerprint density at radius 3 is 2.53 bits per heavy atom. The van der Waals surface area contributed by atoms with Gasteiger partial charge in [0.25, 0.3) is 0 Å². The van der Waals surface area contributed by atoms with E-state index >= 15 is 0 Å². The number of likely N-dealkylation sites (tertiary alicyclic amines) is 1. The van der Waals surface area contributed by atoms with Gasteiger partial charge in [-0.25, -0.2) is 8.78 Å². The second-order valence-corrected chi connectivity index (χ2v) is 10.2. The number of hydrogen-bond acceptors (Lipinski definition) is 4. The van der Waals surface area contributed by atoms with Crippen LogP contribution in [0.5, 0.6) is 0 Å². The second kappa shape index (κ2) is 12.6. The molecule has 34 heavy (non-hydrogen) atoms. The molecule has 2 heterocycles. The second-order valence-electron chi connectivity index (χ2n) is 10.2. The number of halogens is 2. The van der Waals surface area contributed by atoms with Crippen molar-refractivity contribution in [2.24, 2.45) is 11.3 Å². The molecule has 2 fully saturated rings. The highest BCUT2D eigenvalue weighted by Gasteiger charge is 2.42. The van der Waals surface area contributed by atoms with Gasteiger partial charge in [0, 0.05) is 37.9 Å². The van der Waals surface area contributed by atoms with Crippen molar-refractivity contribution >= 4 is 11.8 Å². The zero-order valence-electron chi connectivity index (χ0n) is 20.5. The molecule has 2 amide bonds. The van der Waals surface area contributed by atoms with Crippen molar-refractivity contribution < 1.29 is 23.1 Å². The monoisotopic (exact) mass is 479 g/mol. The Hall–Kier alpha value is -2.06. The maximum absolute atomic E-state index is 14.1. The lowest BCUT2D eigenvalue weighted by molar-refractivity contribution is -0.138. The van der Waals surface area contributed by atoms with Crippen LogP contribution in [0.2, 0.25) is 0 Å². The first kappa shape index (κ1) is 26.5. The first-order chi connectivity index (χ1) is 16.3. The lowest BCUT2D eigenvalue weighted by atomic mass is 9.73. The molecule has 2 N–H and O–H groups in total. The van der Waals surface area contributed by atoms with E-state index in [0.29, 0.717) is 64.2 Å². The highest BCUT2D eigenvalue weighted by molar-refractivity contribution is 5.90. The molecule has 190 valence electrons. The van der Waals surface area contributed by atoms with Crippen molar-refractivity contribution in [1.82, 2.24) is 15.5 Å². The number of carbonyl (C=O) groups is 2. The summed E-state index contributed by atoms with van der Waals surface area (Å²) in [5, 5.41) is 6.03. The van der Waals surface area contributed by atoms with Crippen LogP contribution in [-0.4, -0.2) is 55.6 Å². The molecule has 2 aliphatic heterocycles. The van der Waals surface area contributed by atoms with E-state index < -0.39 is 23.1 Å². The molecule has 1 aromatic rings. The van der Waals surface area contributed by atoms with E-state index in [1.807, 2.05) is 13.8 Å². The molecule has 3 rings (SSSR count). The molecule has 1 aromatic carbocycles. The number of piperidine rings is 1. The summed E-state index contributed by atoms with van der Waals surface area (Å²) in [6.45, 7) is 7.55. The Labute approximate surface area is 201 Å². The summed E-state index contributed by atoms with van der Waals surface area (Å²) >= 11 is 0. The third kappa shape index (κ3) is 7.47. The third-order valence-electron chi connectivity index (χ3n) is 6.99. The normalized spacial score (nSPS) is 23.4. The van der Waals surface area contributed by atoms with Gasteiger partial charge in [-0.2, -0.15) is 0 Å². The number of carbonyl (C=O) groups excluding carboxylic acids is 2. The van der Waals surface area contributed by atoms with Crippen molar-refractivity contribution in [3.05, 3.63) is 35.4 Å². The van der Waals surface area contributed by atoms with E-state index in [9.17, 15) is 18.4 Å². The van der Waals surface area contributed by atoms with Crippen molar-refractivity contribution in [1.29, 1.82) is 0 Å². The van der Waals surface area contributed by atoms with Crippen LogP contribution in [0.25, 0.3) is 0 Å². The van der Waals surface area contributed by atoms with Crippen molar-refractivity contribution in [2.45, 2.75) is 71.4 Å². The maximum atomic E-state index is 14.1. The molecule has 0 radical (unpaired) electrons. The number of ether oxygens (including phenoxy) is 1. The van der Waals surface area contributed by atoms with E-state index in [-0.39, 0.29) is 17.7 Å². The molecule has 0 bridgehead atoms. The number of amides is 2. The first-order valence-electron chi connectivity index (χ1n) is 12.6. The molecule has 2 aliphatic rings. The van der Waals surface area contributed by atoms with Gasteiger partial charge < -0.3 is 15.4 Å². The number of rotatable bonds is 4. The van der Waals surface area contributed by atoms with Gasteiger partial charge in [-0.05, 0) is 63.6 Å². The topological polar surface area (TPSA) is 70.7 Å². The predicted octanol–water partition coefficient (Wildman–Crippen LogP) is 3.78. The van der Waals surface area contributed by atoms with Crippen LogP contribution < -0.4 is 10.6 Å². The van der Waals surface area contributed by atoms with Gasteiger partial charge >= 0.3 is 0 Å². The van der Waals surface area contributed by atoms with Gasteiger partial charge in [-0.15, -0.1) is 0 Å². The Balaban J connectivity index is 1.70. The summed E-state index contributed by atoms with van der Waals surface area (Å²) in [7, 11) is 0. The van der Waals surface area contributed by atoms with E-state index in [2.05, 4.69) is 15.5 Å². The molecular formula is C26H39F2N3O3. The average molecular weight is 480 g/mol. The zero-order chi connectivity index (χ0) is 24.6. The Morgan fingerprint density at radius 1 is 1.09 bits per heavy atom. The Kier molecular flexibility index (Phi) is 9.83. The van der Waals surface area contributed by atoms with Crippen molar-refractivity contribution in [3.63, 3.8) is 0 Å². The minimum absolute atomic E-state index is 0.0566. The maximum Gasteiger partial charge on any atom is 0.242 e. The molecule has 2 saturated heterocycles.